The molecule has 28 heavy (non-hydrogen) atoms. The van der Waals surface area contributed by atoms with Crippen LogP contribution in [0.4, 0.5) is 10.1 Å². The molecule has 150 valence electrons. The van der Waals surface area contributed by atoms with Gasteiger partial charge in [-0.3, -0.25) is 9.59 Å². The predicted molar refractivity (Wildman–Crippen MR) is 103 cm³/mol. The van der Waals surface area contributed by atoms with Gasteiger partial charge in [0.05, 0.1) is 0 Å². The zero-order valence-electron chi connectivity index (χ0n) is 15.5. The smallest absolute Gasteiger partial charge is 0.271 e. The van der Waals surface area contributed by atoms with Crippen LogP contribution >= 0.6 is 0 Å². The van der Waals surface area contributed by atoms with Crippen LogP contribution < -0.4 is 10.9 Å². The number of halogens is 1. The lowest BCUT2D eigenvalue weighted by atomic mass is 10.2. The maximum absolute atomic E-state index is 13.6. The highest BCUT2D eigenvalue weighted by atomic mass is 32.2. The molecule has 0 spiro atoms. The molecule has 0 unspecified atom stereocenters. The highest BCUT2D eigenvalue weighted by molar-refractivity contribution is 7.89. The number of pyridine rings is 1. The van der Waals surface area contributed by atoms with E-state index in [-0.39, 0.29) is 17.1 Å². The summed E-state index contributed by atoms with van der Waals surface area (Å²) in [5.74, 6) is -1.01. The quantitative estimate of drug-likeness (QED) is 0.822. The summed E-state index contributed by atoms with van der Waals surface area (Å²) in [6.07, 6.45) is 3.84. The normalized spacial score (nSPS) is 15.4. The van der Waals surface area contributed by atoms with Gasteiger partial charge in [-0.1, -0.05) is 12.5 Å². The van der Waals surface area contributed by atoms with Crippen LogP contribution in [-0.4, -0.2) is 36.3 Å². The monoisotopic (exact) mass is 407 g/mol. The fraction of sp³-hybridized carbons (Fsp3) is 0.368. The number of rotatable bonds is 5. The average molecular weight is 407 g/mol. The molecule has 1 aromatic carbocycles. The fourth-order valence-corrected chi connectivity index (χ4v) is 4.71. The third-order valence-electron chi connectivity index (χ3n) is 4.69. The number of nitrogens with zero attached hydrogens (tertiary/aromatic N) is 2. The van der Waals surface area contributed by atoms with Crippen molar-refractivity contribution in [1.29, 1.82) is 0 Å². The van der Waals surface area contributed by atoms with Crippen LogP contribution in [0, 0.1) is 12.7 Å². The van der Waals surface area contributed by atoms with E-state index in [1.807, 2.05) is 0 Å². The second kappa shape index (κ2) is 8.24. The first-order chi connectivity index (χ1) is 13.3. The minimum atomic E-state index is -3.90. The molecule has 0 bridgehead atoms. The zero-order valence-corrected chi connectivity index (χ0v) is 16.3. The fourth-order valence-electron chi connectivity index (χ4n) is 3.11. The van der Waals surface area contributed by atoms with Gasteiger partial charge in [0.15, 0.2) is 0 Å². The van der Waals surface area contributed by atoms with E-state index in [4.69, 9.17) is 0 Å². The van der Waals surface area contributed by atoms with Gasteiger partial charge < -0.3 is 9.88 Å². The van der Waals surface area contributed by atoms with E-state index >= 15 is 0 Å². The topological polar surface area (TPSA) is 88.5 Å². The molecule has 9 heteroatoms. The molecule has 0 saturated carbocycles. The van der Waals surface area contributed by atoms with Crippen molar-refractivity contribution in [3.05, 3.63) is 58.3 Å². The van der Waals surface area contributed by atoms with Gasteiger partial charge in [-0.2, -0.15) is 4.31 Å². The molecule has 0 atom stereocenters. The number of nitrogens with one attached hydrogen (secondary N) is 1. The van der Waals surface area contributed by atoms with E-state index < -0.39 is 27.3 Å². The molecule has 1 N–H and O–H groups in total. The maximum atomic E-state index is 13.6. The van der Waals surface area contributed by atoms with Crippen LogP contribution in [0.25, 0.3) is 0 Å². The second-order valence-corrected chi connectivity index (χ2v) is 8.69. The summed E-state index contributed by atoms with van der Waals surface area (Å²) in [6, 6.07) is 6.96. The molecule has 1 aromatic heterocycles. The molecule has 1 aliphatic heterocycles. The maximum Gasteiger partial charge on any atom is 0.271 e. The molecular formula is C19H22FN3O4S. The zero-order chi connectivity index (χ0) is 20.3. The Morgan fingerprint density at radius 1 is 1.18 bits per heavy atom. The minimum Gasteiger partial charge on any atom is -0.324 e. The number of aromatic nitrogens is 1. The lowest BCUT2D eigenvalue weighted by Crippen LogP contribution is -2.39. The van der Waals surface area contributed by atoms with Crippen LogP contribution in [-0.2, 0) is 21.4 Å². The number of hydrogen-bond donors (Lipinski definition) is 1. The van der Waals surface area contributed by atoms with Crippen molar-refractivity contribution in [2.45, 2.75) is 37.6 Å². The summed E-state index contributed by atoms with van der Waals surface area (Å²) in [6.45, 7) is 2.00. The van der Waals surface area contributed by atoms with Crippen molar-refractivity contribution in [3.63, 3.8) is 0 Å². The molecule has 1 fully saturated rings. The first-order valence-electron chi connectivity index (χ1n) is 9.04. The second-order valence-electron chi connectivity index (χ2n) is 6.78. The van der Waals surface area contributed by atoms with Crippen molar-refractivity contribution in [1.82, 2.24) is 8.87 Å². The van der Waals surface area contributed by atoms with Crippen molar-refractivity contribution < 1.29 is 17.6 Å². The van der Waals surface area contributed by atoms with E-state index in [0.717, 1.165) is 23.8 Å². The van der Waals surface area contributed by atoms with Crippen molar-refractivity contribution >= 4 is 21.6 Å². The van der Waals surface area contributed by atoms with Gasteiger partial charge in [0.2, 0.25) is 15.9 Å². The molecule has 7 nitrogen and oxygen atoms in total. The Bertz CT molecular complexity index is 1040. The van der Waals surface area contributed by atoms with Gasteiger partial charge in [0.25, 0.3) is 5.56 Å². The molecule has 3 rings (SSSR count). The average Bonchev–Trinajstić information content (AvgIpc) is 2.67. The predicted octanol–water partition coefficient (Wildman–Crippen LogP) is 2.11. The number of anilines is 1. The Labute approximate surface area is 162 Å². The van der Waals surface area contributed by atoms with E-state index in [9.17, 15) is 22.4 Å². The highest BCUT2D eigenvalue weighted by Gasteiger charge is 2.29. The Kier molecular flexibility index (Phi) is 5.95. The summed E-state index contributed by atoms with van der Waals surface area (Å²) in [5.41, 5.74) is -0.0404. The summed E-state index contributed by atoms with van der Waals surface area (Å²) in [4.78, 5) is 24.6. The van der Waals surface area contributed by atoms with Crippen LogP contribution in [0.3, 0.4) is 0 Å². The Balaban J connectivity index is 1.79. The molecule has 2 aromatic rings. The van der Waals surface area contributed by atoms with Crippen molar-refractivity contribution in [2.24, 2.45) is 0 Å². The largest absolute Gasteiger partial charge is 0.324 e. The van der Waals surface area contributed by atoms with E-state index in [0.29, 0.717) is 18.7 Å². The van der Waals surface area contributed by atoms with Crippen LogP contribution in [0.5, 0.6) is 0 Å². The van der Waals surface area contributed by atoms with Gasteiger partial charge in [-0.05, 0) is 49.6 Å². The summed E-state index contributed by atoms with van der Waals surface area (Å²) in [7, 11) is -3.90. The third kappa shape index (κ3) is 4.31. The summed E-state index contributed by atoms with van der Waals surface area (Å²) >= 11 is 0. The summed E-state index contributed by atoms with van der Waals surface area (Å²) in [5, 5.41) is 2.51. The Hall–Kier alpha value is -2.52. The standard InChI is InChI=1S/C19H22FN3O4S/c1-14-7-8-15(12-16(14)20)21-18(24)13-22-9-5-6-17(19(22)25)28(26,27)23-10-3-2-4-11-23/h5-9,12H,2-4,10-11,13H2,1H3,(H,21,24). The van der Waals surface area contributed by atoms with Gasteiger partial charge in [0, 0.05) is 25.0 Å². The van der Waals surface area contributed by atoms with Gasteiger partial charge in [-0.15, -0.1) is 0 Å². The van der Waals surface area contributed by atoms with Gasteiger partial charge >= 0.3 is 0 Å². The number of carbonyl (C=O) groups is 1. The number of carbonyl (C=O) groups excluding carboxylic acids is 1. The lowest BCUT2D eigenvalue weighted by molar-refractivity contribution is -0.116. The Morgan fingerprint density at radius 2 is 1.89 bits per heavy atom. The first-order valence-corrected chi connectivity index (χ1v) is 10.5. The van der Waals surface area contributed by atoms with E-state index in [1.54, 1.807) is 13.0 Å². The molecule has 0 radical (unpaired) electrons. The molecule has 1 aliphatic rings. The molecular weight excluding hydrogens is 385 g/mol. The summed E-state index contributed by atoms with van der Waals surface area (Å²) < 4.78 is 41.5. The van der Waals surface area contributed by atoms with Gasteiger partial charge in [0.1, 0.15) is 17.3 Å². The van der Waals surface area contributed by atoms with Gasteiger partial charge in [-0.25, -0.2) is 12.8 Å². The van der Waals surface area contributed by atoms with E-state index in [2.05, 4.69) is 5.32 Å². The third-order valence-corrected chi connectivity index (χ3v) is 6.60. The molecule has 1 saturated heterocycles. The molecule has 1 amide bonds. The Morgan fingerprint density at radius 3 is 2.57 bits per heavy atom. The van der Waals surface area contributed by atoms with Crippen LogP contribution in [0.15, 0.2) is 46.2 Å². The van der Waals surface area contributed by atoms with Crippen molar-refractivity contribution in [3.8, 4) is 0 Å². The van der Waals surface area contributed by atoms with E-state index in [1.165, 1.54) is 34.8 Å². The van der Waals surface area contributed by atoms with Crippen LogP contribution in [0.2, 0.25) is 0 Å². The SMILES string of the molecule is Cc1ccc(NC(=O)Cn2cccc(S(=O)(=O)N3CCCCC3)c2=O)cc1F. The van der Waals surface area contributed by atoms with Crippen LogP contribution in [0.1, 0.15) is 24.8 Å². The van der Waals surface area contributed by atoms with Crippen molar-refractivity contribution in [2.75, 3.05) is 18.4 Å². The number of benzene rings is 1. The first kappa shape index (κ1) is 20.2. The minimum absolute atomic E-state index is 0.262. The highest BCUT2D eigenvalue weighted by Crippen LogP contribution is 2.18. The number of hydrogen-bond acceptors (Lipinski definition) is 4. The number of aryl methyl sites for hydroxylation is 1. The number of piperidine rings is 1. The number of sulfonamides is 1. The lowest BCUT2D eigenvalue weighted by Gasteiger charge is -2.25. The molecule has 2 heterocycles. The number of amides is 1. The molecule has 0 aliphatic carbocycles.